The van der Waals surface area contributed by atoms with Crippen LogP contribution in [0.2, 0.25) is 10.0 Å². The summed E-state index contributed by atoms with van der Waals surface area (Å²) in [6.45, 7) is 1.46. The average molecular weight is 426 g/mol. The third-order valence-corrected chi connectivity index (χ3v) is 5.70. The van der Waals surface area contributed by atoms with Crippen molar-refractivity contribution in [1.82, 2.24) is 19.5 Å². The van der Waals surface area contributed by atoms with Gasteiger partial charge in [0.1, 0.15) is 35.8 Å². The number of nitrogen functional groups attached to an aromatic ring is 1. The number of hydrogen-bond acceptors (Lipinski definition) is 8. The standard InChI is InChI=1S/C17H17Cl2N5O4/c1-17(27,7-2-3-8(18)9(19)4-7)13-11(25)12(26)16(28-13)24-6-23-10-14(20)21-5-22-15(10)24/h2-6,11-13,16,25-27H,1H3,(H2,20,21,22)/t11-,12+,13-,16+,17?/m0/s1. The molecule has 0 amide bonds. The quantitative estimate of drug-likeness (QED) is 0.491. The first-order valence-corrected chi connectivity index (χ1v) is 9.10. The van der Waals surface area contributed by atoms with Crippen molar-refractivity contribution in [3.63, 3.8) is 0 Å². The van der Waals surface area contributed by atoms with Crippen molar-refractivity contribution in [2.75, 3.05) is 5.73 Å². The van der Waals surface area contributed by atoms with E-state index in [-0.39, 0.29) is 10.8 Å². The number of hydrogen-bond donors (Lipinski definition) is 4. The summed E-state index contributed by atoms with van der Waals surface area (Å²) in [7, 11) is 0. The number of imidazole rings is 1. The van der Waals surface area contributed by atoms with E-state index in [1.54, 1.807) is 6.07 Å². The lowest BCUT2D eigenvalue weighted by Crippen LogP contribution is -2.45. The molecule has 5 atom stereocenters. The molecule has 0 bridgehead atoms. The molecule has 1 saturated heterocycles. The van der Waals surface area contributed by atoms with E-state index in [1.807, 2.05) is 0 Å². The van der Waals surface area contributed by atoms with Crippen LogP contribution in [-0.2, 0) is 10.3 Å². The highest BCUT2D eigenvalue weighted by Crippen LogP contribution is 2.41. The molecule has 4 rings (SSSR count). The monoisotopic (exact) mass is 425 g/mol. The summed E-state index contributed by atoms with van der Waals surface area (Å²) in [5.74, 6) is 0.177. The van der Waals surface area contributed by atoms with Crippen molar-refractivity contribution in [1.29, 1.82) is 0 Å². The topological polar surface area (TPSA) is 140 Å². The van der Waals surface area contributed by atoms with Crippen LogP contribution in [0.3, 0.4) is 0 Å². The van der Waals surface area contributed by atoms with Crippen molar-refractivity contribution in [2.45, 2.75) is 37.1 Å². The molecular formula is C17H17Cl2N5O4. The lowest BCUT2D eigenvalue weighted by atomic mass is 9.87. The zero-order valence-electron chi connectivity index (χ0n) is 14.6. The van der Waals surface area contributed by atoms with E-state index in [9.17, 15) is 15.3 Å². The van der Waals surface area contributed by atoms with Crippen molar-refractivity contribution >= 4 is 40.2 Å². The van der Waals surface area contributed by atoms with Crippen LogP contribution in [0.4, 0.5) is 5.82 Å². The highest BCUT2D eigenvalue weighted by Gasteiger charge is 2.52. The Balaban J connectivity index is 1.71. The van der Waals surface area contributed by atoms with Crippen LogP contribution in [0.25, 0.3) is 11.2 Å². The van der Waals surface area contributed by atoms with E-state index in [0.29, 0.717) is 21.7 Å². The minimum Gasteiger partial charge on any atom is -0.387 e. The van der Waals surface area contributed by atoms with E-state index >= 15 is 0 Å². The highest BCUT2D eigenvalue weighted by atomic mass is 35.5. The highest BCUT2D eigenvalue weighted by molar-refractivity contribution is 6.42. The molecule has 1 aromatic carbocycles. The Morgan fingerprint density at radius 1 is 1.14 bits per heavy atom. The lowest BCUT2D eigenvalue weighted by molar-refractivity contribution is -0.135. The molecule has 1 unspecified atom stereocenters. The van der Waals surface area contributed by atoms with Crippen LogP contribution >= 0.6 is 23.2 Å². The van der Waals surface area contributed by atoms with Gasteiger partial charge in [-0.2, -0.15) is 0 Å². The minimum atomic E-state index is -1.67. The van der Waals surface area contributed by atoms with Gasteiger partial charge in [-0.1, -0.05) is 29.3 Å². The summed E-state index contributed by atoms with van der Waals surface area (Å²) < 4.78 is 7.30. The molecule has 5 N–H and O–H groups in total. The Morgan fingerprint density at radius 3 is 2.61 bits per heavy atom. The number of benzene rings is 1. The summed E-state index contributed by atoms with van der Waals surface area (Å²) in [5.41, 5.74) is 5.16. The summed E-state index contributed by atoms with van der Waals surface area (Å²) in [4.78, 5) is 12.1. The number of halogens is 2. The maximum absolute atomic E-state index is 11.1. The Morgan fingerprint density at radius 2 is 1.89 bits per heavy atom. The van der Waals surface area contributed by atoms with Gasteiger partial charge >= 0.3 is 0 Å². The van der Waals surface area contributed by atoms with E-state index in [1.165, 1.54) is 36.3 Å². The van der Waals surface area contributed by atoms with Crippen LogP contribution < -0.4 is 5.73 Å². The Kier molecular flexibility index (Phi) is 4.69. The Bertz CT molecular complexity index is 1040. The molecule has 0 radical (unpaired) electrons. The predicted octanol–water partition coefficient (Wildman–Crippen LogP) is 1.24. The van der Waals surface area contributed by atoms with Gasteiger partial charge in [0.2, 0.25) is 0 Å². The van der Waals surface area contributed by atoms with E-state index in [2.05, 4.69) is 15.0 Å². The van der Waals surface area contributed by atoms with Crippen molar-refractivity contribution in [3.05, 3.63) is 46.5 Å². The average Bonchev–Trinajstić information content (AvgIpc) is 3.20. The molecular weight excluding hydrogens is 409 g/mol. The summed E-state index contributed by atoms with van der Waals surface area (Å²) in [6, 6.07) is 4.59. The van der Waals surface area contributed by atoms with Crippen molar-refractivity contribution < 1.29 is 20.1 Å². The third kappa shape index (κ3) is 2.91. The van der Waals surface area contributed by atoms with Gasteiger partial charge in [0.15, 0.2) is 17.7 Å². The molecule has 9 nitrogen and oxygen atoms in total. The molecule has 1 fully saturated rings. The molecule has 2 aromatic heterocycles. The first kappa shape index (κ1) is 19.3. The van der Waals surface area contributed by atoms with Crippen LogP contribution in [0.15, 0.2) is 30.9 Å². The van der Waals surface area contributed by atoms with E-state index in [4.69, 9.17) is 33.7 Å². The normalized spacial score (nSPS) is 27.2. The molecule has 0 aliphatic carbocycles. The number of nitrogens with zero attached hydrogens (tertiary/aromatic N) is 4. The molecule has 3 heterocycles. The molecule has 0 saturated carbocycles. The lowest BCUT2D eigenvalue weighted by Gasteiger charge is -2.32. The first-order chi connectivity index (χ1) is 13.2. The van der Waals surface area contributed by atoms with Crippen molar-refractivity contribution in [3.8, 4) is 0 Å². The molecule has 1 aliphatic heterocycles. The molecule has 0 spiro atoms. The second-order valence-corrected chi connectivity index (χ2v) is 7.60. The summed E-state index contributed by atoms with van der Waals surface area (Å²) >= 11 is 12.0. The molecule has 28 heavy (non-hydrogen) atoms. The fraction of sp³-hybridized carbons (Fsp3) is 0.353. The first-order valence-electron chi connectivity index (χ1n) is 8.34. The van der Waals surface area contributed by atoms with Gasteiger partial charge in [0.25, 0.3) is 0 Å². The zero-order chi connectivity index (χ0) is 20.2. The third-order valence-electron chi connectivity index (χ3n) is 4.96. The second-order valence-electron chi connectivity index (χ2n) is 6.79. The van der Waals surface area contributed by atoms with Crippen LogP contribution in [-0.4, -0.2) is 53.2 Å². The maximum Gasteiger partial charge on any atom is 0.167 e. The smallest absolute Gasteiger partial charge is 0.167 e. The fourth-order valence-corrected chi connectivity index (χ4v) is 3.68. The van der Waals surface area contributed by atoms with Crippen LogP contribution in [0.5, 0.6) is 0 Å². The summed E-state index contributed by atoms with van der Waals surface area (Å²) in [6.07, 6.45) is -2.32. The minimum absolute atomic E-state index is 0.177. The maximum atomic E-state index is 11.1. The zero-order valence-corrected chi connectivity index (χ0v) is 16.1. The Labute approximate surface area is 169 Å². The van der Waals surface area contributed by atoms with Crippen LogP contribution in [0.1, 0.15) is 18.7 Å². The number of ether oxygens (including phenoxy) is 1. The second kappa shape index (κ2) is 6.80. The molecule has 11 heteroatoms. The van der Waals surface area contributed by atoms with Crippen molar-refractivity contribution in [2.24, 2.45) is 0 Å². The van der Waals surface area contributed by atoms with Gasteiger partial charge in [-0.15, -0.1) is 0 Å². The predicted molar refractivity (Wildman–Crippen MR) is 102 cm³/mol. The van der Waals surface area contributed by atoms with E-state index < -0.39 is 30.1 Å². The molecule has 1 aliphatic rings. The van der Waals surface area contributed by atoms with E-state index in [0.717, 1.165) is 0 Å². The van der Waals surface area contributed by atoms with Gasteiger partial charge in [0, 0.05) is 0 Å². The number of aliphatic hydroxyl groups excluding tert-OH is 2. The van der Waals surface area contributed by atoms with Crippen LogP contribution in [0, 0.1) is 0 Å². The number of fused-ring (bicyclic) bond motifs is 1. The molecule has 3 aromatic rings. The number of nitrogens with two attached hydrogens (primary N) is 1. The summed E-state index contributed by atoms with van der Waals surface area (Å²) in [5, 5.41) is 32.8. The van der Waals surface area contributed by atoms with Gasteiger partial charge in [-0.05, 0) is 24.6 Å². The molecule has 148 valence electrons. The number of aliphatic hydroxyl groups is 3. The van der Waals surface area contributed by atoms with Gasteiger partial charge in [-0.25, -0.2) is 15.0 Å². The number of anilines is 1. The largest absolute Gasteiger partial charge is 0.387 e. The number of rotatable bonds is 3. The SMILES string of the molecule is CC(O)(c1ccc(Cl)c(Cl)c1)[C@H]1O[C@@H](n2cnc3c(N)ncnc32)[C@H](O)[C@@H]1O. The Hall–Kier alpha value is -2.01. The number of aromatic nitrogens is 4. The van der Waals surface area contributed by atoms with Gasteiger partial charge in [-0.3, -0.25) is 4.57 Å². The van der Waals surface area contributed by atoms with Gasteiger partial charge in [0.05, 0.1) is 16.4 Å². The van der Waals surface area contributed by atoms with Gasteiger partial charge < -0.3 is 25.8 Å². The fourth-order valence-electron chi connectivity index (χ4n) is 3.39.